The van der Waals surface area contributed by atoms with Gasteiger partial charge in [0.15, 0.2) is 0 Å². The molecule has 2 N–H and O–H groups in total. The van der Waals surface area contributed by atoms with Gasteiger partial charge in [-0.25, -0.2) is 9.97 Å². The molecule has 7 nitrogen and oxygen atoms in total. The summed E-state index contributed by atoms with van der Waals surface area (Å²) < 4.78 is 40.4. The summed E-state index contributed by atoms with van der Waals surface area (Å²) in [6, 6.07) is 13.5. The van der Waals surface area contributed by atoms with Crippen molar-refractivity contribution in [1.82, 2.24) is 14.9 Å². The molecule has 0 bridgehead atoms. The minimum absolute atomic E-state index is 0.0288. The Morgan fingerprint density at radius 2 is 1.74 bits per heavy atom. The van der Waals surface area contributed by atoms with E-state index in [-0.39, 0.29) is 16.8 Å². The molecule has 2 heterocycles. The molecule has 39 heavy (non-hydrogen) atoms. The maximum atomic E-state index is 13.5. The van der Waals surface area contributed by atoms with E-state index in [0.29, 0.717) is 19.0 Å². The maximum absolute atomic E-state index is 13.5. The summed E-state index contributed by atoms with van der Waals surface area (Å²) in [7, 11) is 1.74. The van der Waals surface area contributed by atoms with Crippen molar-refractivity contribution in [1.29, 1.82) is 0 Å². The van der Waals surface area contributed by atoms with Gasteiger partial charge in [-0.1, -0.05) is 12.1 Å². The molecular weight excluding hydrogens is 507 g/mol. The molecule has 1 fully saturated rings. The number of likely N-dealkylation sites (tertiary alicyclic amines) is 1. The molecule has 4 aromatic rings. The molecule has 0 aliphatic carbocycles. The molecule has 0 spiro atoms. The lowest BCUT2D eigenvalue weighted by Crippen LogP contribution is -2.29. The summed E-state index contributed by atoms with van der Waals surface area (Å²) in [4.78, 5) is 36.6. The van der Waals surface area contributed by atoms with Crippen molar-refractivity contribution >= 4 is 34.4 Å². The highest BCUT2D eigenvalue weighted by Crippen LogP contribution is 2.34. The van der Waals surface area contributed by atoms with E-state index < -0.39 is 23.6 Å². The molecule has 0 saturated carbocycles. The number of anilines is 2. The predicted molar refractivity (Wildman–Crippen MR) is 144 cm³/mol. The largest absolute Gasteiger partial charge is 0.416 e. The fraction of sp³-hybridized carbons (Fsp3) is 0.241. The Balaban J connectivity index is 1.48. The Hall–Kier alpha value is -4.47. The first-order valence-corrected chi connectivity index (χ1v) is 12.5. The number of carbonyl (C=O) groups excluding carboxylic acids is 2. The zero-order valence-corrected chi connectivity index (χ0v) is 21.4. The van der Waals surface area contributed by atoms with Gasteiger partial charge in [-0.2, -0.15) is 13.2 Å². The van der Waals surface area contributed by atoms with E-state index in [1.807, 2.05) is 25.1 Å². The first kappa shape index (κ1) is 26.1. The molecular formula is C29H26F3N5O2. The van der Waals surface area contributed by atoms with Crippen LogP contribution in [0.25, 0.3) is 22.0 Å². The van der Waals surface area contributed by atoms with Crippen LogP contribution in [0.15, 0.2) is 60.8 Å². The van der Waals surface area contributed by atoms with Crippen molar-refractivity contribution in [2.45, 2.75) is 25.9 Å². The lowest BCUT2D eigenvalue weighted by atomic mass is 9.96. The summed E-state index contributed by atoms with van der Waals surface area (Å²) in [5.41, 5.74) is 2.43. The Morgan fingerprint density at radius 1 is 0.974 bits per heavy atom. The SMILES string of the molecule is CNc1ncc2cc(-c3cc(C(=O)Nc4cc(C(F)(F)F)ccc4C(=O)N4CCCC4)ccc3C)ccc2n1. The van der Waals surface area contributed by atoms with E-state index >= 15 is 0 Å². The molecule has 0 atom stereocenters. The molecule has 2 amide bonds. The van der Waals surface area contributed by atoms with Crippen LogP contribution in [0.4, 0.5) is 24.8 Å². The number of hydrogen-bond donors (Lipinski definition) is 2. The number of halogens is 3. The monoisotopic (exact) mass is 533 g/mol. The Kier molecular flexibility index (Phi) is 6.94. The number of nitrogens with one attached hydrogen (secondary N) is 2. The second kappa shape index (κ2) is 10.4. The number of aryl methyl sites for hydroxylation is 1. The number of rotatable bonds is 5. The van der Waals surface area contributed by atoms with Crippen LogP contribution in [0.5, 0.6) is 0 Å². The van der Waals surface area contributed by atoms with Gasteiger partial charge in [0.05, 0.1) is 22.3 Å². The number of aromatic nitrogens is 2. The second-order valence-corrected chi connectivity index (χ2v) is 9.46. The Labute approximate surface area is 223 Å². The number of alkyl halides is 3. The third-order valence-electron chi connectivity index (χ3n) is 6.83. The van der Waals surface area contributed by atoms with Gasteiger partial charge in [0.25, 0.3) is 11.8 Å². The first-order chi connectivity index (χ1) is 18.6. The molecule has 200 valence electrons. The van der Waals surface area contributed by atoms with Crippen molar-refractivity contribution in [2.75, 3.05) is 30.8 Å². The molecule has 0 unspecified atom stereocenters. The molecule has 1 aliphatic heterocycles. The first-order valence-electron chi connectivity index (χ1n) is 12.5. The molecule has 5 rings (SSSR count). The van der Waals surface area contributed by atoms with Crippen LogP contribution in [0.2, 0.25) is 0 Å². The summed E-state index contributed by atoms with van der Waals surface area (Å²) >= 11 is 0. The minimum Gasteiger partial charge on any atom is -0.357 e. The Bertz CT molecular complexity index is 1580. The lowest BCUT2D eigenvalue weighted by Gasteiger charge is -2.19. The smallest absolute Gasteiger partial charge is 0.357 e. The zero-order valence-electron chi connectivity index (χ0n) is 21.4. The van der Waals surface area contributed by atoms with Crippen LogP contribution in [0.1, 0.15) is 44.7 Å². The summed E-state index contributed by atoms with van der Waals surface area (Å²) in [5.74, 6) is -0.517. The van der Waals surface area contributed by atoms with Crippen molar-refractivity contribution < 1.29 is 22.8 Å². The van der Waals surface area contributed by atoms with E-state index in [0.717, 1.165) is 58.6 Å². The highest BCUT2D eigenvalue weighted by molar-refractivity contribution is 6.09. The van der Waals surface area contributed by atoms with E-state index in [4.69, 9.17) is 0 Å². The minimum atomic E-state index is -4.63. The normalized spacial score (nSPS) is 13.5. The van der Waals surface area contributed by atoms with Gasteiger partial charge in [-0.05, 0) is 78.9 Å². The van der Waals surface area contributed by atoms with Gasteiger partial charge < -0.3 is 15.5 Å². The van der Waals surface area contributed by atoms with Crippen LogP contribution >= 0.6 is 0 Å². The van der Waals surface area contributed by atoms with Gasteiger partial charge in [0.1, 0.15) is 0 Å². The van der Waals surface area contributed by atoms with E-state index in [2.05, 4.69) is 20.6 Å². The fourth-order valence-corrected chi connectivity index (χ4v) is 4.69. The predicted octanol–water partition coefficient (Wildman–Crippen LogP) is 6.15. The van der Waals surface area contributed by atoms with Crippen molar-refractivity contribution in [2.24, 2.45) is 0 Å². The number of hydrogen-bond acceptors (Lipinski definition) is 5. The average molecular weight is 534 g/mol. The molecule has 3 aromatic carbocycles. The third kappa shape index (κ3) is 5.41. The van der Waals surface area contributed by atoms with Crippen LogP contribution < -0.4 is 10.6 Å². The highest BCUT2D eigenvalue weighted by atomic mass is 19.4. The molecule has 1 saturated heterocycles. The van der Waals surface area contributed by atoms with Gasteiger partial charge in [-0.15, -0.1) is 0 Å². The van der Waals surface area contributed by atoms with Gasteiger partial charge in [-0.3, -0.25) is 9.59 Å². The van der Waals surface area contributed by atoms with Gasteiger partial charge >= 0.3 is 6.18 Å². The average Bonchev–Trinajstić information content (AvgIpc) is 3.47. The molecule has 0 radical (unpaired) electrons. The van der Waals surface area contributed by atoms with Gasteiger partial charge in [0, 0.05) is 37.3 Å². The van der Waals surface area contributed by atoms with Crippen LogP contribution in [0.3, 0.4) is 0 Å². The topological polar surface area (TPSA) is 87.2 Å². The Morgan fingerprint density at radius 3 is 2.46 bits per heavy atom. The maximum Gasteiger partial charge on any atom is 0.416 e. The molecule has 10 heteroatoms. The van der Waals surface area contributed by atoms with Crippen LogP contribution in [-0.4, -0.2) is 46.8 Å². The second-order valence-electron chi connectivity index (χ2n) is 9.46. The standard InChI is InChI=1S/C29H26F3N5O2/c1-17-5-6-19(14-23(17)18-7-10-24-20(13-18)16-34-28(33-2)36-24)26(38)35-25-15-21(29(30,31)32)8-9-22(25)27(39)37-11-3-4-12-37/h5-10,13-16H,3-4,11-12H2,1-2H3,(H,35,38)(H,33,34,36). The van der Waals surface area contributed by atoms with Crippen LogP contribution in [0, 0.1) is 6.92 Å². The van der Waals surface area contributed by atoms with E-state index in [9.17, 15) is 22.8 Å². The quantitative estimate of drug-likeness (QED) is 0.321. The van der Waals surface area contributed by atoms with Crippen molar-refractivity contribution in [3.8, 4) is 11.1 Å². The number of benzene rings is 3. The lowest BCUT2D eigenvalue weighted by molar-refractivity contribution is -0.137. The fourth-order valence-electron chi connectivity index (χ4n) is 4.69. The number of fused-ring (bicyclic) bond motifs is 1. The summed E-state index contributed by atoms with van der Waals surface area (Å²) in [6.45, 7) is 2.96. The van der Waals surface area contributed by atoms with E-state index in [1.54, 1.807) is 36.3 Å². The number of nitrogens with zero attached hydrogens (tertiary/aromatic N) is 3. The number of amides is 2. The van der Waals surface area contributed by atoms with Crippen molar-refractivity contribution in [3.05, 3.63) is 83.0 Å². The van der Waals surface area contributed by atoms with Crippen LogP contribution in [-0.2, 0) is 6.18 Å². The highest BCUT2D eigenvalue weighted by Gasteiger charge is 2.32. The zero-order chi connectivity index (χ0) is 27.7. The van der Waals surface area contributed by atoms with Gasteiger partial charge in [0.2, 0.25) is 5.95 Å². The molecule has 1 aromatic heterocycles. The summed E-state index contributed by atoms with van der Waals surface area (Å²) in [5, 5.41) is 6.29. The summed E-state index contributed by atoms with van der Waals surface area (Å²) in [6.07, 6.45) is -1.26. The van der Waals surface area contributed by atoms with Crippen molar-refractivity contribution in [3.63, 3.8) is 0 Å². The number of carbonyl (C=O) groups is 2. The third-order valence-corrected chi connectivity index (χ3v) is 6.83. The molecule has 1 aliphatic rings. The van der Waals surface area contributed by atoms with E-state index in [1.165, 1.54) is 0 Å².